The summed E-state index contributed by atoms with van der Waals surface area (Å²) in [5, 5.41) is 19.4. The van der Waals surface area contributed by atoms with Crippen LogP contribution < -0.4 is 5.32 Å². The average Bonchev–Trinajstić information content (AvgIpc) is 2.73. The molecule has 0 saturated carbocycles. The van der Waals surface area contributed by atoms with Crippen LogP contribution in [0.2, 0.25) is 0 Å². The number of urea groups is 1. The first-order valence-corrected chi connectivity index (χ1v) is 5.79. The van der Waals surface area contributed by atoms with Crippen LogP contribution in [0.4, 0.5) is 4.79 Å². The summed E-state index contributed by atoms with van der Waals surface area (Å²) >= 11 is 0. The number of aliphatic carboxylic acids is 1. The zero-order chi connectivity index (χ0) is 14.8. The van der Waals surface area contributed by atoms with Gasteiger partial charge in [-0.1, -0.05) is 0 Å². The summed E-state index contributed by atoms with van der Waals surface area (Å²) in [5.41, 5.74) is -1.29. The highest BCUT2D eigenvalue weighted by Crippen LogP contribution is 2.14. The predicted molar refractivity (Wildman–Crippen MR) is 67.4 cm³/mol. The molecular weight excluding hydrogens is 250 g/mol. The van der Waals surface area contributed by atoms with E-state index >= 15 is 0 Å². The molecule has 1 aromatic rings. The monoisotopic (exact) mass is 269 g/mol. The summed E-state index contributed by atoms with van der Waals surface area (Å²) in [4.78, 5) is 24.2. The van der Waals surface area contributed by atoms with Crippen LogP contribution in [-0.2, 0) is 11.8 Å². The van der Waals surface area contributed by atoms with Crippen molar-refractivity contribution >= 4 is 12.0 Å². The van der Waals surface area contributed by atoms with Gasteiger partial charge in [-0.2, -0.15) is 0 Å². The van der Waals surface area contributed by atoms with Crippen LogP contribution in [0.15, 0.2) is 6.33 Å². The van der Waals surface area contributed by atoms with Crippen molar-refractivity contribution in [2.45, 2.75) is 32.4 Å². The van der Waals surface area contributed by atoms with E-state index in [1.54, 1.807) is 18.5 Å². The van der Waals surface area contributed by atoms with Gasteiger partial charge in [0.2, 0.25) is 0 Å². The highest BCUT2D eigenvalue weighted by molar-refractivity contribution is 5.85. The summed E-state index contributed by atoms with van der Waals surface area (Å²) in [6.07, 6.45) is 1.53. The van der Waals surface area contributed by atoms with Gasteiger partial charge in [0, 0.05) is 14.1 Å². The fourth-order valence-corrected chi connectivity index (χ4v) is 1.43. The maximum atomic E-state index is 12.0. The minimum atomic E-state index is -1.29. The van der Waals surface area contributed by atoms with Crippen LogP contribution in [0.5, 0.6) is 0 Å². The van der Waals surface area contributed by atoms with Crippen molar-refractivity contribution in [2.75, 3.05) is 7.05 Å². The number of carboxylic acids is 1. The molecule has 2 N–H and O–H groups in total. The highest BCUT2D eigenvalue weighted by Gasteiger charge is 2.35. The lowest BCUT2D eigenvalue weighted by Gasteiger charge is -2.32. The maximum absolute atomic E-state index is 12.0. The van der Waals surface area contributed by atoms with Gasteiger partial charge in [0.15, 0.2) is 5.82 Å². The molecule has 2 amide bonds. The van der Waals surface area contributed by atoms with Gasteiger partial charge < -0.3 is 19.9 Å². The van der Waals surface area contributed by atoms with Gasteiger partial charge in [0.1, 0.15) is 11.9 Å². The number of aryl methyl sites for hydroxylation is 1. The molecule has 0 spiro atoms. The SMILES string of the molecule is CC(NC(=O)N(C)C(C)(C)C(=O)O)c1nncn1C. The zero-order valence-electron chi connectivity index (χ0n) is 11.7. The molecule has 0 aliphatic rings. The molecule has 0 aliphatic heterocycles. The Morgan fingerprint density at radius 1 is 1.53 bits per heavy atom. The van der Waals surface area contributed by atoms with E-state index in [-0.39, 0.29) is 6.04 Å². The molecule has 0 bridgehead atoms. The minimum Gasteiger partial charge on any atom is -0.480 e. The van der Waals surface area contributed by atoms with Crippen LogP contribution in [0.25, 0.3) is 0 Å². The fourth-order valence-electron chi connectivity index (χ4n) is 1.43. The number of amides is 2. The normalized spacial score (nSPS) is 12.9. The standard InChI is InChI=1S/C11H19N5O3/c1-7(8-14-12-6-15(8)4)13-10(19)16(5)11(2,3)9(17)18/h6-7H,1-5H3,(H,13,19)(H,17,18). The van der Waals surface area contributed by atoms with E-state index in [2.05, 4.69) is 15.5 Å². The lowest BCUT2D eigenvalue weighted by molar-refractivity contribution is -0.146. The Labute approximate surface area is 111 Å². The van der Waals surface area contributed by atoms with Crippen LogP contribution in [-0.4, -0.2) is 49.4 Å². The molecule has 19 heavy (non-hydrogen) atoms. The lowest BCUT2D eigenvalue weighted by Crippen LogP contribution is -2.54. The Morgan fingerprint density at radius 3 is 2.53 bits per heavy atom. The van der Waals surface area contributed by atoms with Gasteiger partial charge in [-0.25, -0.2) is 9.59 Å². The molecule has 106 valence electrons. The third kappa shape index (κ3) is 3.01. The van der Waals surface area contributed by atoms with Crippen molar-refractivity contribution in [3.8, 4) is 0 Å². The number of hydrogen-bond acceptors (Lipinski definition) is 4. The number of nitrogens with one attached hydrogen (secondary N) is 1. The van der Waals surface area contributed by atoms with Crippen molar-refractivity contribution in [3.63, 3.8) is 0 Å². The smallest absolute Gasteiger partial charge is 0.329 e. The van der Waals surface area contributed by atoms with Crippen molar-refractivity contribution in [3.05, 3.63) is 12.2 Å². The van der Waals surface area contributed by atoms with Crippen molar-refractivity contribution < 1.29 is 14.7 Å². The summed E-state index contributed by atoms with van der Waals surface area (Å²) in [6.45, 7) is 4.67. The molecule has 1 rings (SSSR count). The molecule has 0 saturated heterocycles. The van der Waals surface area contributed by atoms with Crippen molar-refractivity contribution in [1.82, 2.24) is 25.0 Å². The molecule has 1 unspecified atom stereocenters. The van der Waals surface area contributed by atoms with Gasteiger partial charge in [-0.05, 0) is 20.8 Å². The molecule has 0 fully saturated rings. The third-order valence-corrected chi connectivity index (χ3v) is 3.14. The minimum absolute atomic E-state index is 0.368. The first kappa shape index (κ1) is 14.9. The molecular formula is C11H19N5O3. The first-order chi connectivity index (χ1) is 8.67. The summed E-state index contributed by atoms with van der Waals surface area (Å²) in [5.74, 6) is -0.480. The Kier molecular flexibility index (Phi) is 4.13. The van der Waals surface area contributed by atoms with E-state index in [4.69, 9.17) is 5.11 Å². The molecule has 8 heteroatoms. The Bertz CT molecular complexity index is 482. The van der Waals surface area contributed by atoms with E-state index < -0.39 is 17.5 Å². The number of hydrogen-bond donors (Lipinski definition) is 2. The number of aromatic nitrogens is 3. The largest absolute Gasteiger partial charge is 0.480 e. The summed E-state index contributed by atoms with van der Waals surface area (Å²) in [7, 11) is 3.20. The van der Waals surface area contributed by atoms with E-state index in [1.165, 1.54) is 27.2 Å². The predicted octanol–water partition coefficient (Wildman–Crippen LogP) is 0.381. The van der Waals surface area contributed by atoms with Gasteiger partial charge >= 0.3 is 12.0 Å². The van der Waals surface area contributed by atoms with Crippen LogP contribution in [0, 0.1) is 0 Å². The summed E-state index contributed by atoms with van der Waals surface area (Å²) < 4.78 is 1.69. The van der Waals surface area contributed by atoms with E-state index in [0.717, 1.165) is 4.90 Å². The van der Waals surface area contributed by atoms with Gasteiger partial charge in [0.05, 0.1) is 6.04 Å². The molecule has 0 aromatic carbocycles. The van der Waals surface area contributed by atoms with Crippen LogP contribution >= 0.6 is 0 Å². The number of nitrogens with zero attached hydrogens (tertiary/aromatic N) is 4. The zero-order valence-corrected chi connectivity index (χ0v) is 11.7. The second-order valence-corrected chi connectivity index (χ2v) is 4.89. The van der Waals surface area contributed by atoms with Crippen LogP contribution in [0.3, 0.4) is 0 Å². The average molecular weight is 269 g/mol. The molecule has 1 heterocycles. The van der Waals surface area contributed by atoms with Crippen LogP contribution in [0.1, 0.15) is 32.6 Å². The van der Waals surface area contributed by atoms with E-state index in [9.17, 15) is 9.59 Å². The Balaban J connectivity index is 2.75. The molecule has 1 atom stereocenters. The Hall–Kier alpha value is -2.12. The fraction of sp³-hybridized carbons (Fsp3) is 0.636. The molecule has 1 aromatic heterocycles. The second kappa shape index (κ2) is 5.25. The number of carbonyl (C=O) groups excluding carboxylic acids is 1. The van der Waals surface area contributed by atoms with Crippen molar-refractivity contribution in [1.29, 1.82) is 0 Å². The van der Waals surface area contributed by atoms with Gasteiger partial charge in [-0.15, -0.1) is 10.2 Å². The molecule has 8 nitrogen and oxygen atoms in total. The van der Waals surface area contributed by atoms with E-state index in [1.807, 2.05) is 0 Å². The summed E-state index contributed by atoms with van der Waals surface area (Å²) in [6, 6.07) is -0.852. The number of carboxylic acid groups (broad SMARTS) is 1. The second-order valence-electron chi connectivity index (χ2n) is 4.89. The maximum Gasteiger partial charge on any atom is 0.329 e. The van der Waals surface area contributed by atoms with Crippen molar-refractivity contribution in [2.24, 2.45) is 7.05 Å². The van der Waals surface area contributed by atoms with Gasteiger partial charge in [-0.3, -0.25) is 0 Å². The topological polar surface area (TPSA) is 100 Å². The third-order valence-electron chi connectivity index (χ3n) is 3.14. The quantitative estimate of drug-likeness (QED) is 0.823. The number of likely N-dealkylation sites (N-methyl/N-ethyl adjacent to an activating group) is 1. The molecule has 0 radical (unpaired) electrons. The molecule has 0 aliphatic carbocycles. The lowest BCUT2D eigenvalue weighted by atomic mass is 10.0. The van der Waals surface area contributed by atoms with E-state index in [0.29, 0.717) is 5.82 Å². The Morgan fingerprint density at radius 2 is 2.11 bits per heavy atom. The first-order valence-electron chi connectivity index (χ1n) is 5.79. The highest BCUT2D eigenvalue weighted by atomic mass is 16.4. The van der Waals surface area contributed by atoms with Gasteiger partial charge in [0.25, 0.3) is 0 Å². The number of rotatable bonds is 4. The number of carbonyl (C=O) groups is 2.